The van der Waals surface area contributed by atoms with Crippen LogP contribution in [0.5, 0.6) is 0 Å². The first-order valence-corrected chi connectivity index (χ1v) is 8.22. The molecule has 0 aromatic carbocycles. The van der Waals surface area contributed by atoms with Crippen LogP contribution in [0.15, 0.2) is 18.2 Å². The van der Waals surface area contributed by atoms with Gasteiger partial charge in [-0.1, -0.05) is 30.9 Å². The van der Waals surface area contributed by atoms with Gasteiger partial charge in [0.25, 0.3) is 0 Å². The smallest absolute Gasteiger partial charge is 0.326 e. The van der Waals surface area contributed by atoms with E-state index < -0.39 is 12.0 Å². The van der Waals surface area contributed by atoms with E-state index >= 15 is 0 Å². The van der Waals surface area contributed by atoms with E-state index in [0.29, 0.717) is 4.34 Å². The van der Waals surface area contributed by atoms with E-state index in [-0.39, 0.29) is 11.8 Å². The summed E-state index contributed by atoms with van der Waals surface area (Å²) in [5.41, 5.74) is 0. The average Bonchev–Trinajstić information content (AvgIpc) is 2.89. The van der Waals surface area contributed by atoms with Crippen molar-refractivity contribution in [3.8, 4) is 0 Å². The molecule has 4 nitrogen and oxygen atoms in total. The van der Waals surface area contributed by atoms with Crippen molar-refractivity contribution in [2.24, 2.45) is 5.92 Å². The highest BCUT2D eigenvalue weighted by Crippen LogP contribution is 2.27. The molecule has 1 aliphatic rings. The van der Waals surface area contributed by atoms with Gasteiger partial charge in [0.15, 0.2) is 0 Å². The minimum Gasteiger partial charge on any atom is -0.480 e. The van der Waals surface area contributed by atoms with Gasteiger partial charge in [0.05, 0.1) is 4.34 Å². The van der Waals surface area contributed by atoms with E-state index in [1.165, 1.54) is 17.4 Å². The molecule has 1 unspecified atom stereocenters. The number of thiophene rings is 1. The van der Waals surface area contributed by atoms with Crippen LogP contribution in [0.2, 0.25) is 4.34 Å². The number of hydrogen-bond acceptors (Lipinski definition) is 3. The molecular weight excluding hydrogens is 310 g/mol. The largest absolute Gasteiger partial charge is 0.480 e. The third-order valence-corrected chi connectivity index (χ3v) is 4.87. The summed E-state index contributed by atoms with van der Waals surface area (Å²) in [6.45, 7) is 0. The topological polar surface area (TPSA) is 66.4 Å². The maximum atomic E-state index is 11.9. The van der Waals surface area contributed by atoms with Crippen LogP contribution in [0.1, 0.15) is 37.0 Å². The van der Waals surface area contributed by atoms with Gasteiger partial charge in [0.2, 0.25) is 5.91 Å². The zero-order valence-electron chi connectivity index (χ0n) is 11.5. The molecule has 0 bridgehead atoms. The molecule has 1 heterocycles. The number of rotatable bonds is 5. The van der Waals surface area contributed by atoms with Gasteiger partial charge in [0.1, 0.15) is 6.04 Å². The summed E-state index contributed by atoms with van der Waals surface area (Å²) in [7, 11) is 0. The van der Waals surface area contributed by atoms with E-state index in [2.05, 4.69) is 5.32 Å². The summed E-state index contributed by atoms with van der Waals surface area (Å²) in [4.78, 5) is 24.1. The Bertz CT molecular complexity index is 535. The lowest BCUT2D eigenvalue weighted by Gasteiger charge is -2.27. The molecule has 1 aliphatic carbocycles. The lowest BCUT2D eigenvalue weighted by atomic mass is 9.84. The SMILES string of the molecule is O=C(/C=C/c1ccc(Cl)s1)NC(C(=O)O)C1CCCCC1. The van der Waals surface area contributed by atoms with Crippen molar-refractivity contribution >= 4 is 40.9 Å². The van der Waals surface area contributed by atoms with Crippen LogP contribution < -0.4 is 5.32 Å². The van der Waals surface area contributed by atoms with Gasteiger partial charge in [-0.3, -0.25) is 4.79 Å². The molecule has 0 radical (unpaired) electrons. The number of carboxylic acid groups (broad SMARTS) is 1. The van der Waals surface area contributed by atoms with Gasteiger partial charge >= 0.3 is 5.97 Å². The fraction of sp³-hybridized carbons (Fsp3) is 0.467. The molecular formula is C15H18ClNO3S. The Hall–Kier alpha value is -1.33. The van der Waals surface area contributed by atoms with Gasteiger partial charge in [-0.05, 0) is 37.0 Å². The third kappa shape index (κ3) is 4.86. The molecule has 0 saturated heterocycles. The van der Waals surface area contributed by atoms with Crippen LogP contribution in [0, 0.1) is 5.92 Å². The Morgan fingerprint density at radius 3 is 2.62 bits per heavy atom. The zero-order chi connectivity index (χ0) is 15.2. The van der Waals surface area contributed by atoms with Crippen LogP contribution in [0.3, 0.4) is 0 Å². The Morgan fingerprint density at radius 2 is 2.05 bits per heavy atom. The Labute approximate surface area is 132 Å². The Kier molecular flexibility index (Phi) is 5.82. The number of amides is 1. The fourth-order valence-electron chi connectivity index (χ4n) is 2.63. The van der Waals surface area contributed by atoms with Crippen LogP contribution in [0.25, 0.3) is 6.08 Å². The first-order chi connectivity index (χ1) is 10.1. The molecule has 1 amide bonds. The highest BCUT2D eigenvalue weighted by molar-refractivity contribution is 7.17. The number of aliphatic carboxylic acids is 1. The molecule has 114 valence electrons. The molecule has 1 fully saturated rings. The molecule has 0 aliphatic heterocycles. The zero-order valence-corrected chi connectivity index (χ0v) is 13.1. The minimum absolute atomic E-state index is 0.0322. The number of carbonyl (C=O) groups is 2. The Morgan fingerprint density at radius 1 is 1.33 bits per heavy atom. The maximum absolute atomic E-state index is 11.9. The first-order valence-electron chi connectivity index (χ1n) is 7.03. The molecule has 21 heavy (non-hydrogen) atoms. The van der Waals surface area contributed by atoms with Crippen LogP contribution in [-0.2, 0) is 9.59 Å². The quantitative estimate of drug-likeness (QED) is 0.812. The summed E-state index contributed by atoms with van der Waals surface area (Å²) >= 11 is 7.17. The summed E-state index contributed by atoms with van der Waals surface area (Å²) in [5.74, 6) is -1.30. The molecule has 1 aromatic rings. The van der Waals surface area contributed by atoms with Crippen molar-refractivity contribution < 1.29 is 14.7 Å². The summed E-state index contributed by atoms with van der Waals surface area (Å²) in [6, 6.07) is 2.77. The number of halogens is 1. The van der Waals surface area contributed by atoms with Gasteiger partial charge in [-0.25, -0.2) is 4.79 Å². The number of hydrogen-bond donors (Lipinski definition) is 2. The lowest BCUT2D eigenvalue weighted by Crippen LogP contribution is -2.46. The molecule has 1 saturated carbocycles. The normalized spacial score (nSPS) is 17.8. The van der Waals surface area contributed by atoms with Gasteiger partial charge in [-0.15, -0.1) is 11.3 Å². The Balaban J connectivity index is 1.94. The second kappa shape index (κ2) is 7.61. The van der Waals surface area contributed by atoms with Crippen LogP contribution in [-0.4, -0.2) is 23.0 Å². The van der Waals surface area contributed by atoms with Crippen molar-refractivity contribution in [2.45, 2.75) is 38.1 Å². The molecule has 0 spiro atoms. The van der Waals surface area contributed by atoms with E-state index in [1.54, 1.807) is 12.1 Å². The molecule has 2 rings (SSSR count). The molecule has 2 N–H and O–H groups in total. The number of carbonyl (C=O) groups excluding carboxylic acids is 1. The van der Waals surface area contributed by atoms with Crippen molar-refractivity contribution in [3.63, 3.8) is 0 Å². The van der Waals surface area contributed by atoms with Crippen molar-refractivity contribution in [1.29, 1.82) is 0 Å². The van der Waals surface area contributed by atoms with E-state index in [1.807, 2.05) is 6.07 Å². The second-order valence-corrected chi connectivity index (χ2v) is 6.94. The van der Waals surface area contributed by atoms with E-state index in [9.17, 15) is 14.7 Å². The maximum Gasteiger partial charge on any atom is 0.326 e. The fourth-order valence-corrected chi connectivity index (χ4v) is 3.59. The van der Waals surface area contributed by atoms with Gasteiger partial charge in [0, 0.05) is 11.0 Å². The summed E-state index contributed by atoms with van der Waals surface area (Å²) in [6.07, 6.45) is 7.95. The monoisotopic (exact) mass is 327 g/mol. The summed E-state index contributed by atoms with van der Waals surface area (Å²) in [5, 5.41) is 11.9. The average molecular weight is 328 g/mol. The van der Waals surface area contributed by atoms with Gasteiger partial charge < -0.3 is 10.4 Å². The van der Waals surface area contributed by atoms with Gasteiger partial charge in [-0.2, -0.15) is 0 Å². The minimum atomic E-state index is -0.956. The van der Waals surface area contributed by atoms with Crippen LogP contribution in [0.4, 0.5) is 0 Å². The van der Waals surface area contributed by atoms with E-state index in [4.69, 9.17) is 11.6 Å². The van der Waals surface area contributed by atoms with Crippen molar-refractivity contribution in [2.75, 3.05) is 0 Å². The standard InChI is InChI=1S/C15H18ClNO3S/c16-12-8-6-11(21-12)7-9-13(18)17-14(15(19)20)10-4-2-1-3-5-10/h6-10,14H,1-5H2,(H,17,18)(H,19,20)/b9-7+. The highest BCUT2D eigenvalue weighted by atomic mass is 35.5. The molecule has 6 heteroatoms. The number of carboxylic acids is 1. The first kappa shape index (κ1) is 16.0. The predicted octanol–water partition coefficient (Wildman–Crippen LogP) is 3.56. The number of nitrogens with one attached hydrogen (secondary N) is 1. The van der Waals surface area contributed by atoms with E-state index in [0.717, 1.165) is 37.0 Å². The lowest BCUT2D eigenvalue weighted by molar-refractivity contribution is -0.143. The molecule has 1 atom stereocenters. The van der Waals surface area contributed by atoms with Crippen LogP contribution >= 0.6 is 22.9 Å². The third-order valence-electron chi connectivity index (χ3n) is 3.68. The second-order valence-electron chi connectivity index (χ2n) is 5.20. The van der Waals surface area contributed by atoms with Crippen molar-refractivity contribution in [1.82, 2.24) is 5.32 Å². The summed E-state index contributed by atoms with van der Waals surface area (Å²) < 4.78 is 0.653. The highest BCUT2D eigenvalue weighted by Gasteiger charge is 2.30. The molecule has 1 aromatic heterocycles. The predicted molar refractivity (Wildman–Crippen MR) is 84.5 cm³/mol. The van der Waals surface area contributed by atoms with Crippen molar-refractivity contribution in [3.05, 3.63) is 27.4 Å².